The normalized spacial score (nSPS) is 10.3. The van der Waals surface area contributed by atoms with E-state index in [4.69, 9.17) is 5.73 Å². The van der Waals surface area contributed by atoms with Gasteiger partial charge in [-0.2, -0.15) is 5.10 Å². The number of hydrogen-bond donors (Lipinski definition) is 2. The molecule has 3 N–H and O–H groups in total. The number of nitrogens with one attached hydrogen (secondary N) is 1. The van der Waals surface area contributed by atoms with Gasteiger partial charge in [0.1, 0.15) is 5.69 Å². The topological polar surface area (TPSA) is 72.9 Å². The maximum absolute atomic E-state index is 12.1. The SMILES string of the molecule is CCn1nc(C)cc1C(=O)Nc1ccccc1N. The molecule has 0 saturated heterocycles. The molecule has 94 valence electrons. The molecule has 0 radical (unpaired) electrons. The second-order valence-electron chi connectivity index (χ2n) is 4.03. The van der Waals surface area contributed by atoms with E-state index in [0.717, 1.165) is 5.69 Å². The second-order valence-corrected chi connectivity index (χ2v) is 4.03. The third-order valence-corrected chi connectivity index (χ3v) is 2.64. The largest absolute Gasteiger partial charge is 0.397 e. The number of para-hydroxylation sites is 2. The number of aromatic nitrogens is 2. The van der Waals surface area contributed by atoms with Crippen molar-refractivity contribution in [3.8, 4) is 0 Å². The average Bonchev–Trinajstić information content (AvgIpc) is 2.73. The Kier molecular flexibility index (Phi) is 3.32. The van der Waals surface area contributed by atoms with Gasteiger partial charge in [-0.3, -0.25) is 9.48 Å². The van der Waals surface area contributed by atoms with E-state index in [0.29, 0.717) is 23.6 Å². The van der Waals surface area contributed by atoms with Crippen molar-refractivity contribution < 1.29 is 4.79 Å². The Bertz CT molecular complexity index is 574. The first-order chi connectivity index (χ1) is 8.61. The van der Waals surface area contributed by atoms with Gasteiger partial charge in [0.15, 0.2) is 0 Å². The van der Waals surface area contributed by atoms with Gasteiger partial charge in [-0.15, -0.1) is 0 Å². The van der Waals surface area contributed by atoms with Gasteiger partial charge in [0, 0.05) is 6.54 Å². The zero-order valence-corrected chi connectivity index (χ0v) is 10.5. The van der Waals surface area contributed by atoms with E-state index in [1.165, 1.54) is 0 Å². The molecule has 5 heteroatoms. The van der Waals surface area contributed by atoms with Crippen molar-refractivity contribution in [1.29, 1.82) is 0 Å². The molecule has 1 amide bonds. The van der Waals surface area contributed by atoms with Gasteiger partial charge < -0.3 is 11.1 Å². The number of carbonyl (C=O) groups is 1. The van der Waals surface area contributed by atoms with E-state index in [-0.39, 0.29) is 5.91 Å². The molecule has 2 aromatic rings. The van der Waals surface area contributed by atoms with Crippen LogP contribution in [-0.2, 0) is 6.54 Å². The number of amides is 1. The van der Waals surface area contributed by atoms with Crippen molar-refractivity contribution >= 4 is 17.3 Å². The summed E-state index contributed by atoms with van der Waals surface area (Å²) in [4.78, 5) is 12.1. The molecule has 5 nitrogen and oxygen atoms in total. The number of aryl methyl sites for hydroxylation is 2. The lowest BCUT2D eigenvalue weighted by Crippen LogP contribution is -2.18. The highest BCUT2D eigenvalue weighted by atomic mass is 16.2. The number of nitrogens with zero attached hydrogens (tertiary/aromatic N) is 2. The number of nitrogen functional groups attached to an aromatic ring is 1. The maximum atomic E-state index is 12.1. The van der Waals surface area contributed by atoms with E-state index in [9.17, 15) is 4.79 Å². The van der Waals surface area contributed by atoms with Crippen LogP contribution in [0.5, 0.6) is 0 Å². The van der Waals surface area contributed by atoms with E-state index in [1.54, 1.807) is 22.9 Å². The van der Waals surface area contributed by atoms with Crippen LogP contribution < -0.4 is 11.1 Å². The molecule has 0 aliphatic carbocycles. The van der Waals surface area contributed by atoms with E-state index < -0.39 is 0 Å². The molecule has 0 aliphatic rings. The third-order valence-electron chi connectivity index (χ3n) is 2.64. The third kappa shape index (κ3) is 2.34. The molecule has 0 atom stereocenters. The summed E-state index contributed by atoms with van der Waals surface area (Å²) in [6.07, 6.45) is 0. The Morgan fingerprint density at radius 3 is 2.83 bits per heavy atom. The van der Waals surface area contributed by atoms with Crippen LogP contribution in [0, 0.1) is 6.92 Å². The molecule has 0 saturated carbocycles. The van der Waals surface area contributed by atoms with Crippen LogP contribution in [-0.4, -0.2) is 15.7 Å². The molecule has 0 bridgehead atoms. The number of carbonyl (C=O) groups excluding carboxylic acids is 1. The number of anilines is 2. The molecule has 2 rings (SSSR count). The van der Waals surface area contributed by atoms with Gasteiger partial charge in [0.25, 0.3) is 5.91 Å². The van der Waals surface area contributed by atoms with Gasteiger partial charge in [0.05, 0.1) is 17.1 Å². The van der Waals surface area contributed by atoms with Crippen LogP contribution in [0.4, 0.5) is 11.4 Å². The molecule has 1 aromatic carbocycles. The predicted molar refractivity (Wildman–Crippen MR) is 71.4 cm³/mol. The van der Waals surface area contributed by atoms with E-state index in [1.807, 2.05) is 26.0 Å². The quantitative estimate of drug-likeness (QED) is 0.811. The summed E-state index contributed by atoms with van der Waals surface area (Å²) in [6.45, 7) is 4.46. The van der Waals surface area contributed by atoms with Crippen molar-refractivity contribution in [2.75, 3.05) is 11.1 Å². The lowest BCUT2D eigenvalue weighted by molar-refractivity contribution is 0.101. The Balaban J connectivity index is 2.25. The molecule has 1 aromatic heterocycles. The van der Waals surface area contributed by atoms with Crippen molar-refractivity contribution in [2.45, 2.75) is 20.4 Å². The molecule has 0 unspecified atom stereocenters. The van der Waals surface area contributed by atoms with Crippen LogP contribution >= 0.6 is 0 Å². The maximum Gasteiger partial charge on any atom is 0.273 e. The lowest BCUT2D eigenvalue weighted by atomic mass is 10.2. The first-order valence-corrected chi connectivity index (χ1v) is 5.82. The van der Waals surface area contributed by atoms with Gasteiger partial charge in [-0.1, -0.05) is 12.1 Å². The second kappa shape index (κ2) is 4.91. The van der Waals surface area contributed by atoms with Crippen molar-refractivity contribution in [1.82, 2.24) is 9.78 Å². The lowest BCUT2D eigenvalue weighted by Gasteiger charge is -2.08. The molecule has 0 spiro atoms. The Labute approximate surface area is 106 Å². The van der Waals surface area contributed by atoms with Crippen molar-refractivity contribution in [3.05, 3.63) is 41.7 Å². The smallest absolute Gasteiger partial charge is 0.273 e. The fourth-order valence-corrected chi connectivity index (χ4v) is 1.77. The fraction of sp³-hybridized carbons (Fsp3) is 0.231. The summed E-state index contributed by atoms with van der Waals surface area (Å²) < 4.78 is 1.67. The highest BCUT2D eigenvalue weighted by molar-refractivity contribution is 6.04. The average molecular weight is 244 g/mol. The fourth-order valence-electron chi connectivity index (χ4n) is 1.77. The van der Waals surface area contributed by atoms with E-state index >= 15 is 0 Å². The first kappa shape index (κ1) is 12.2. The number of rotatable bonds is 3. The zero-order chi connectivity index (χ0) is 13.1. The van der Waals surface area contributed by atoms with Crippen LogP contribution in [0.25, 0.3) is 0 Å². The Morgan fingerprint density at radius 1 is 1.44 bits per heavy atom. The summed E-state index contributed by atoms with van der Waals surface area (Å²) >= 11 is 0. The monoisotopic (exact) mass is 244 g/mol. The molecular formula is C13H16N4O. The van der Waals surface area contributed by atoms with Crippen LogP contribution in [0.1, 0.15) is 23.1 Å². The summed E-state index contributed by atoms with van der Waals surface area (Å²) in [6, 6.07) is 8.93. The van der Waals surface area contributed by atoms with Crippen LogP contribution in [0.3, 0.4) is 0 Å². The summed E-state index contributed by atoms with van der Waals surface area (Å²) in [5.74, 6) is -0.199. The van der Waals surface area contributed by atoms with Crippen LogP contribution in [0.2, 0.25) is 0 Å². The van der Waals surface area contributed by atoms with Gasteiger partial charge in [0.2, 0.25) is 0 Å². The Morgan fingerprint density at radius 2 is 2.17 bits per heavy atom. The van der Waals surface area contributed by atoms with E-state index in [2.05, 4.69) is 10.4 Å². The Hall–Kier alpha value is -2.30. The summed E-state index contributed by atoms with van der Waals surface area (Å²) in [7, 11) is 0. The first-order valence-electron chi connectivity index (χ1n) is 5.82. The molecule has 18 heavy (non-hydrogen) atoms. The minimum atomic E-state index is -0.199. The minimum Gasteiger partial charge on any atom is -0.397 e. The standard InChI is InChI=1S/C13H16N4O/c1-3-17-12(8-9(2)16-17)13(18)15-11-7-5-4-6-10(11)14/h4-8H,3,14H2,1-2H3,(H,15,18). The predicted octanol–water partition coefficient (Wildman–Crippen LogP) is 2.05. The minimum absolute atomic E-state index is 0.199. The number of benzene rings is 1. The van der Waals surface area contributed by atoms with Crippen molar-refractivity contribution in [2.24, 2.45) is 0 Å². The summed E-state index contributed by atoms with van der Waals surface area (Å²) in [5, 5.41) is 7.03. The summed E-state index contributed by atoms with van der Waals surface area (Å²) in [5.41, 5.74) is 8.31. The van der Waals surface area contributed by atoms with Crippen molar-refractivity contribution in [3.63, 3.8) is 0 Å². The van der Waals surface area contributed by atoms with Gasteiger partial charge in [-0.25, -0.2) is 0 Å². The van der Waals surface area contributed by atoms with Gasteiger partial charge >= 0.3 is 0 Å². The molecule has 0 aliphatic heterocycles. The number of nitrogens with two attached hydrogens (primary N) is 1. The zero-order valence-electron chi connectivity index (χ0n) is 10.5. The highest BCUT2D eigenvalue weighted by Crippen LogP contribution is 2.18. The number of hydrogen-bond acceptors (Lipinski definition) is 3. The highest BCUT2D eigenvalue weighted by Gasteiger charge is 2.13. The molecular weight excluding hydrogens is 228 g/mol. The van der Waals surface area contributed by atoms with Crippen LogP contribution in [0.15, 0.2) is 30.3 Å². The molecule has 1 heterocycles. The van der Waals surface area contributed by atoms with Gasteiger partial charge in [-0.05, 0) is 32.0 Å². The molecule has 0 fully saturated rings.